The number of nitrogens with zero attached hydrogens (tertiary/aromatic N) is 10. The zero-order valence-electron chi connectivity index (χ0n) is 29.4. The summed E-state index contributed by atoms with van der Waals surface area (Å²) in [6.45, 7) is 5.78. The number of benzene rings is 2. The fourth-order valence-corrected chi connectivity index (χ4v) is 6.28. The number of nitrogens with one attached hydrogen (secondary N) is 2. The second-order valence-corrected chi connectivity index (χ2v) is 12.6. The Labute approximate surface area is 310 Å². The van der Waals surface area contributed by atoms with Gasteiger partial charge in [-0.2, -0.15) is 10.5 Å². The molecule has 2 aliphatic rings. The highest BCUT2D eigenvalue weighted by Gasteiger charge is 2.19. The molecule has 6 aromatic rings. The molecule has 0 atom stereocenters. The van der Waals surface area contributed by atoms with Gasteiger partial charge in [0.1, 0.15) is 17.9 Å². The molecule has 1 amide bonds. The van der Waals surface area contributed by atoms with E-state index in [1.807, 2.05) is 49.4 Å². The Balaban J connectivity index is 0.000000167. The maximum absolute atomic E-state index is 11.1. The first-order chi connectivity index (χ1) is 26.4. The van der Waals surface area contributed by atoms with Crippen LogP contribution in [0.4, 0.5) is 35.1 Å². The van der Waals surface area contributed by atoms with Crippen molar-refractivity contribution >= 4 is 41.0 Å². The van der Waals surface area contributed by atoms with E-state index >= 15 is 0 Å². The number of carbonyl (C=O) groups excluding carboxylic acids is 1. The fraction of sp³-hybridized carbons (Fsp3) is 0.237. The van der Waals surface area contributed by atoms with Crippen molar-refractivity contribution in [2.24, 2.45) is 5.73 Å². The van der Waals surface area contributed by atoms with Gasteiger partial charge in [-0.25, -0.2) is 24.9 Å². The number of primary amides is 1. The topological polar surface area (TPSA) is 225 Å². The third-order valence-corrected chi connectivity index (χ3v) is 8.87. The Morgan fingerprint density at radius 1 is 0.759 bits per heavy atom. The van der Waals surface area contributed by atoms with Gasteiger partial charge in [0.25, 0.3) is 5.91 Å². The van der Waals surface area contributed by atoms with E-state index in [0.29, 0.717) is 34.3 Å². The van der Waals surface area contributed by atoms with E-state index in [2.05, 4.69) is 62.6 Å². The normalized spacial score (nSPS) is 13.5. The maximum atomic E-state index is 11.1. The standard InChI is InChI=1S/C19H17N7O2.C19H18N6O/c20-10-13-9-12(3-4-15(13)26-7-1-2-8-26)14-5-6-22-18(24-14)25-19-23-11-16(28-19)17(21)27;1-13-10-18(24-26-13)23-19-21-7-6-16(22-19)14-4-5-17(15(11-14)12-20)25-8-2-3-9-25/h3-6,9,11H,1-2,7-8H2,(H2,21,27)(H,22,23,24,25);4-7,10-11H,2-3,8-9H2,1H3,(H,21,22,23,24). The molecule has 0 radical (unpaired) electrons. The van der Waals surface area contributed by atoms with Gasteiger partial charge in [0.15, 0.2) is 5.82 Å². The van der Waals surface area contributed by atoms with Gasteiger partial charge in [-0.3, -0.25) is 10.1 Å². The first-order valence-electron chi connectivity index (χ1n) is 17.3. The molecular formula is C38H35N13O3. The third-order valence-electron chi connectivity index (χ3n) is 8.87. The molecule has 0 saturated carbocycles. The number of nitrogens with two attached hydrogens (primary N) is 1. The second kappa shape index (κ2) is 15.9. The van der Waals surface area contributed by atoms with Crippen molar-refractivity contribution in [1.29, 1.82) is 10.5 Å². The smallest absolute Gasteiger partial charge is 0.302 e. The Bertz CT molecular complexity index is 2360. The molecular weight excluding hydrogens is 687 g/mol. The van der Waals surface area contributed by atoms with Crippen molar-refractivity contribution in [1.82, 2.24) is 30.1 Å². The molecule has 4 N–H and O–H groups in total. The largest absolute Gasteiger partial charge is 0.418 e. The molecule has 2 aromatic carbocycles. The molecule has 0 unspecified atom stereocenters. The number of anilines is 6. The van der Waals surface area contributed by atoms with Crippen LogP contribution in [0.25, 0.3) is 22.5 Å². The summed E-state index contributed by atoms with van der Waals surface area (Å²) in [6.07, 6.45) is 9.13. The summed E-state index contributed by atoms with van der Waals surface area (Å²) >= 11 is 0. The monoisotopic (exact) mass is 721 g/mol. The molecule has 0 aliphatic carbocycles. The average Bonchev–Trinajstić information content (AvgIpc) is 4.05. The number of rotatable bonds is 9. The number of nitriles is 2. The van der Waals surface area contributed by atoms with E-state index in [-0.39, 0.29) is 17.7 Å². The molecule has 2 aliphatic heterocycles. The Morgan fingerprint density at radius 3 is 1.76 bits per heavy atom. The number of amides is 1. The lowest BCUT2D eigenvalue weighted by atomic mass is 10.1. The van der Waals surface area contributed by atoms with Gasteiger partial charge in [0.2, 0.25) is 17.7 Å². The van der Waals surface area contributed by atoms with Crippen LogP contribution in [-0.2, 0) is 0 Å². The third kappa shape index (κ3) is 8.08. The summed E-state index contributed by atoms with van der Waals surface area (Å²) in [5.74, 6) is 1.17. The summed E-state index contributed by atoms with van der Waals surface area (Å²) in [7, 11) is 0. The van der Waals surface area contributed by atoms with E-state index in [0.717, 1.165) is 67.2 Å². The van der Waals surface area contributed by atoms with Crippen LogP contribution < -0.4 is 26.2 Å². The predicted octanol–water partition coefficient (Wildman–Crippen LogP) is 6.10. The molecule has 16 heteroatoms. The molecule has 8 rings (SSSR count). The number of carbonyl (C=O) groups is 1. The van der Waals surface area contributed by atoms with E-state index < -0.39 is 5.91 Å². The van der Waals surface area contributed by atoms with Gasteiger partial charge in [0.05, 0.1) is 40.1 Å². The van der Waals surface area contributed by atoms with Crippen LogP contribution in [0.5, 0.6) is 0 Å². The first-order valence-corrected chi connectivity index (χ1v) is 17.3. The van der Waals surface area contributed by atoms with Crippen LogP contribution >= 0.6 is 0 Å². The van der Waals surface area contributed by atoms with E-state index in [4.69, 9.17) is 14.7 Å². The lowest BCUT2D eigenvalue weighted by molar-refractivity contribution is 0.0975. The number of aromatic nitrogens is 6. The zero-order chi connectivity index (χ0) is 37.4. The van der Waals surface area contributed by atoms with Crippen molar-refractivity contribution in [3.8, 4) is 34.7 Å². The van der Waals surface area contributed by atoms with E-state index in [1.165, 1.54) is 19.0 Å². The molecule has 0 spiro atoms. The minimum Gasteiger partial charge on any atom is -0.418 e. The van der Waals surface area contributed by atoms with Gasteiger partial charge >= 0.3 is 6.01 Å². The Kier molecular flexibility index (Phi) is 10.3. The van der Waals surface area contributed by atoms with Gasteiger partial charge in [-0.1, -0.05) is 17.3 Å². The lowest BCUT2D eigenvalue weighted by Gasteiger charge is -2.19. The number of aryl methyl sites for hydroxylation is 1. The summed E-state index contributed by atoms with van der Waals surface area (Å²) in [6, 6.07) is 21.6. The van der Waals surface area contributed by atoms with Gasteiger partial charge in [-0.05, 0) is 69.0 Å². The van der Waals surface area contributed by atoms with Crippen LogP contribution in [0.1, 0.15) is 53.1 Å². The van der Waals surface area contributed by atoms with Crippen LogP contribution in [0.3, 0.4) is 0 Å². The van der Waals surface area contributed by atoms with Gasteiger partial charge in [-0.15, -0.1) is 0 Å². The molecule has 4 aromatic heterocycles. The first kappa shape index (κ1) is 35.1. The maximum Gasteiger partial charge on any atom is 0.302 e. The van der Waals surface area contributed by atoms with Crippen LogP contribution in [-0.4, -0.2) is 62.2 Å². The number of hydrogen-bond donors (Lipinski definition) is 3. The van der Waals surface area contributed by atoms with Crippen molar-refractivity contribution in [2.45, 2.75) is 32.6 Å². The molecule has 2 fully saturated rings. The molecule has 54 heavy (non-hydrogen) atoms. The van der Waals surface area contributed by atoms with Crippen molar-refractivity contribution in [3.05, 3.63) is 95.8 Å². The quantitative estimate of drug-likeness (QED) is 0.153. The van der Waals surface area contributed by atoms with Crippen molar-refractivity contribution in [2.75, 3.05) is 46.6 Å². The summed E-state index contributed by atoms with van der Waals surface area (Å²) in [5.41, 5.74) is 11.5. The van der Waals surface area contributed by atoms with Gasteiger partial charge < -0.3 is 29.8 Å². The number of oxazole rings is 1. The Morgan fingerprint density at radius 2 is 1.30 bits per heavy atom. The summed E-state index contributed by atoms with van der Waals surface area (Å²) < 4.78 is 10.2. The molecule has 0 bridgehead atoms. The van der Waals surface area contributed by atoms with Crippen LogP contribution in [0.15, 0.2) is 82.1 Å². The highest BCUT2D eigenvalue weighted by Crippen LogP contribution is 2.31. The highest BCUT2D eigenvalue weighted by atomic mass is 16.5. The molecule has 6 heterocycles. The van der Waals surface area contributed by atoms with Crippen molar-refractivity contribution < 1.29 is 13.7 Å². The minimum absolute atomic E-state index is 0.0604. The van der Waals surface area contributed by atoms with Gasteiger partial charge in [0, 0.05) is 55.8 Å². The average molecular weight is 722 g/mol. The van der Waals surface area contributed by atoms with Crippen LogP contribution in [0, 0.1) is 29.6 Å². The van der Waals surface area contributed by atoms with E-state index in [1.54, 1.807) is 24.5 Å². The number of hydrogen-bond acceptors (Lipinski definition) is 15. The highest BCUT2D eigenvalue weighted by molar-refractivity contribution is 5.89. The second-order valence-electron chi connectivity index (χ2n) is 12.6. The minimum atomic E-state index is -0.711. The Hall–Kier alpha value is -7.33. The zero-order valence-corrected chi connectivity index (χ0v) is 29.4. The molecule has 2 saturated heterocycles. The fourth-order valence-electron chi connectivity index (χ4n) is 6.28. The SMILES string of the molecule is Cc1cc(Nc2nccc(-c3ccc(N4CCCC4)c(C#N)c3)n2)no1.N#Cc1cc(-c2ccnc(Nc3ncc(C(N)=O)o3)n2)ccc1N1CCCC1. The van der Waals surface area contributed by atoms with Crippen molar-refractivity contribution in [3.63, 3.8) is 0 Å². The van der Waals surface area contributed by atoms with E-state index in [9.17, 15) is 15.3 Å². The summed E-state index contributed by atoms with van der Waals surface area (Å²) in [5, 5.41) is 28.8. The molecule has 270 valence electrons. The summed E-state index contributed by atoms with van der Waals surface area (Å²) in [4.78, 5) is 36.8. The van der Waals surface area contributed by atoms with Crippen LogP contribution in [0.2, 0.25) is 0 Å². The molecule has 16 nitrogen and oxygen atoms in total. The predicted molar refractivity (Wildman–Crippen MR) is 200 cm³/mol. The lowest BCUT2D eigenvalue weighted by Crippen LogP contribution is -2.18.